The van der Waals surface area contributed by atoms with Crippen molar-refractivity contribution < 1.29 is 19.2 Å². The molecule has 0 aliphatic carbocycles. The first-order chi connectivity index (χ1) is 15.4. The lowest BCUT2D eigenvalue weighted by Crippen LogP contribution is -2.39. The molecular weight excluding hydrogens is 430 g/mol. The Morgan fingerprint density at radius 1 is 1.12 bits per heavy atom. The van der Waals surface area contributed by atoms with Crippen LogP contribution in [-0.2, 0) is 14.4 Å². The molecule has 1 fully saturated rings. The Kier molecular flexibility index (Phi) is 8.26. The van der Waals surface area contributed by atoms with Crippen LogP contribution in [0.15, 0.2) is 29.3 Å². The fourth-order valence-corrected chi connectivity index (χ4v) is 4.70. The van der Waals surface area contributed by atoms with Crippen LogP contribution in [0.25, 0.3) is 0 Å². The number of benzene rings is 1. The van der Waals surface area contributed by atoms with Crippen LogP contribution in [0.2, 0.25) is 0 Å². The number of hydrogen-bond acceptors (Lipinski definition) is 6. The average Bonchev–Trinajstić information content (AvgIpc) is 3.44. The minimum Gasteiger partial charge on any atom is -0.351 e. The highest BCUT2D eigenvalue weighted by Gasteiger charge is 2.33. The van der Waals surface area contributed by atoms with E-state index >= 15 is 0 Å². The van der Waals surface area contributed by atoms with Gasteiger partial charge in [-0.2, -0.15) is 4.99 Å². The lowest BCUT2D eigenvalue weighted by molar-refractivity contribution is -0.129. The molecule has 1 aromatic rings. The van der Waals surface area contributed by atoms with Gasteiger partial charge in [0.25, 0.3) is 11.8 Å². The third-order valence-corrected chi connectivity index (χ3v) is 6.64. The van der Waals surface area contributed by atoms with Crippen LogP contribution in [0, 0.1) is 0 Å². The zero-order valence-electron chi connectivity index (χ0n) is 18.4. The van der Waals surface area contributed by atoms with Crippen molar-refractivity contribution in [2.75, 3.05) is 38.0 Å². The van der Waals surface area contributed by atoms with Gasteiger partial charge in [0.05, 0.1) is 6.54 Å². The van der Waals surface area contributed by atoms with Gasteiger partial charge in [-0.1, -0.05) is 11.8 Å². The van der Waals surface area contributed by atoms with E-state index in [2.05, 4.69) is 20.5 Å². The average molecular weight is 460 g/mol. The summed E-state index contributed by atoms with van der Waals surface area (Å²) in [4.78, 5) is 56.7. The van der Waals surface area contributed by atoms with Crippen LogP contribution >= 0.6 is 11.8 Å². The molecule has 0 spiro atoms. The summed E-state index contributed by atoms with van der Waals surface area (Å²) in [5, 5.41) is 5.59. The minimum atomic E-state index is -0.501. The van der Waals surface area contributed by atoms with Crippen LogP contribution in [0.4, 0.5) is 5.69 Å². The number of nitrogens with zero attached hydrogens (tertiary/aromatic N) is 3. The molecule has 172 valence electrons. The highest BCUT2D eigenvalue weighted by molar-refractivity contribution is 8.15. The fourth-order valence-electron chi connectivity index (χ4n) is 3.58. The van der Waals surface area contributed by atoms with E-state index in [-0.39, 0.29) is 36.6 Å². The zero-order chi connectivity index (χ0) is 23.1. The lowest BCUT2D eigenvalue weighted by Gasteiger charge is -2.18. The number of amides is 4. The Balaban J connectivity index is 1.46. The topological polar surface area (TPSA) is 111 Å². The zero-order valence-corrected chi connectivity index (χ0v) is 19.2. The molecule has 2 aliphatic rings. The standard InChI is InChI=1S/C22H29N5O4S/c1-3-26(4-2)19(29)14-23-20(30)15-7-9-16(10-8-15)24-18(28)13-17-21(31)25-22(32-17)27-11-5-6-12-27/h7-10,17H,3-6,11-14H2,1-2H3,(H,23,30)(H,24,28). The van der Waals surface area contributed by atoms with Crippen molar-refractivity contribution >= 4 is 46.2 Å². The molecular formula is C22H29N5O4S. The summed E-state index contributed by atoms with van der Waals surface area (Å²) in [6.45, 7) is 6.71. The number of nitrogens with one attached hydrogen (secondary N) is 2. The number of hydrogen-bond donors (Lipinski definition) is 2. The first-order valence-corrected chi connectivity index (χ1v) is 11.8. The minimum absolute atomic E-state index is 0.0417. The SMILES string of the molecule is CCN(CC)C(=O)CNC(=O)c1ccc(NC(=O)CC2SC(N3CCCC3)=NC2=O)cc1. The third-order valence-electron chi connectivity index (χ3n) is 5.42. The van der Waals surface area contributed by atoms with Gasteiger partial charge in [0.1, 0.15) is 5.25 Å². The predicted octanol–water partition coefficient (Wildman–Crippen LogP) is 1.71. The maximum Gasteiger partial charge on any atom is 0.262 e. The van der Waals surface area contributed by atoms with E-state index in [9.17, 15) is 19.2 Å². The summed E-state index contributed by atoms with van der Waals surface area (Å²) < 4.78 is 0. The van der Waals surface area contributed by atoms with Crippen molar-refractivity contribution in [3.63, 3.8) is 0 Å². The molecule has 1 atom stereocenters. The van der Waals surface area contributed by atoms with E-state index in [1.807, 2.05) is 13.8 Å². The summed E-state index contributed by atoms with van der Waals surface area (Å²) in [6, 6.07) is 6.40. The molecule has 0 aromatic heterocycles. The normalized spacial score (nSPS) is 17.8. The van der Waals surface area contributed by atoms with Gasteiger partial charge in [-0.05, 0) is 51.0 Å². The van der Waals surface area contributed by atoms with Gasteiger partial charge < -0.3 is 20.4 Å². The first-order valence-electron chi connectivity index (χ1n) is 10.9. The van der Waals surface area contributed by atoms with Gasteiger partial charge in [0.2, 0.25) is 11.8 Å². The van der Waals surface area contributed by atoms with Gasteiger partial charge >= 0.3 is 0 Å². The van der Waals surface area contributed by atoms with Gasteiger partial charge in [0.15, 0.2) is 5.17 Å². The molecule has 10 heteroatoms. The van der Waals surface area contributed by atoms with Crippen LogP contribution in [-0.4, -0.2) is 76.6 Å². The Labute approximate surface area is 192 Å². The fraction of sp³-hybridized carbons (Fsp3) is 0.500. The quantitative estimate of drug-likeness (QED) is 0.612. The highest BCUT2D eigenvalue weighted by Crippen LogP contribution is 2.29. The molecule has 3 rings (SSSR count). The number of likely N-dealkylation sites (N-methyl/N-ethyl adjacent to an activating group) is 1. The number of rotatable bonds is 8. The number of carbonyl (C=O) groups excluding carboxylic acids is 4. The second kappa shape index (κ2) is 11.1. The monoisotopic (exact) mass is 459 g/mol. The van der Waals surface area contributed by atoms with Crippen molar-refractivity contribution in [3.05, 3.63) is 29.8 Å². The Hall–Kier alpha value is -2.88. The molecule has 0 bridgehead atoms. The summed E-state index contributed by atoms with van der Waals surface area (Å²) in [6.07, 6.45) is 2.23. The molecule has 32 heavy (non-hydrogen) atoms. The highest BCUT2D eigenvalue weighted by atomic mass is 32.2. The number of likely N-dealkylation sites (tertiary alicyclic amines) is 1. The number of carbonyl (C=O) groups is 4. The van der Waals surface area contributed by atoms with Crippen LogP contribution in [0.1, 0.15) is 43.5 Å². The van der Waals surface area contributed by atoms with Gasteiger partial charge in [0, 0.05) is 43.9 Å². The molecule has 1 aromatic carbocycles. The number of aliphatic imine (C=N–C) groups is 1. The Bertz CT molecular complexity index is 892. The van der Waals surface area contributed by atoms with Gasteiger partial charge in [-0.25, -0.2) is 0 Å². The molecule has 1 unspecified atom stereocenters. The van der Waals surface area contributed by atoms with E-state index in [0.717, 1.165) is 31.1 Å². The first kappa shape index (κ1) is 23.8. The Morgan fingerprint density at radius 3 is 2.41 bits per heavy atom. The summed E-state index contributed by atoms with van der Waals surface area (Å²) >= 11 is 1.36. The van der Waals surface area contributed by atoms with Gasteiger partial charge in [-0.3, -0.25) is 19.2 Å². The molecule has 2 aliphatic heterocycles. The lowest BCUT2D eigenvalue weighted by atomic mass is 10.2. The third kappa shape index (κ3) is 6.09. The summed E-state index contributed by atoms with van der Waals surface area (Å²) in [7, 11) is 0. The molecule has 9 nitrogen and oxygen atoms in total. The molecule has 0 saturated carbocycles. The summed E-state index contributed by atoms with van der Waals surface area (Å²) in [5.74, 6) is -1.04. The second-order valence-corrected chi connectivity index (χ2v) is 8.78. The van der Waals surface area contributed by atoms with Crippen molar-refractivity contribution in [1.82, 2.24) is 15.1 Å². The van der Waals surface area contributed by atoms with Crippen molar-refractivity contribution in [2.24, 2.45) is 4.99 Å². The number of thioether (sulfide) groups is 1. The number of anilines is 1. The maximum atomic E-state index is 12.4. The van der Waals surface area contributed by atoms with E-state index in [4.69, 9.17) is 0 Å². The van der Waals surface area contributed by atoms with E-state index in [0.29, 0.717) is 24.3 Å². The molecule has 1 saturated heterocycles. The van der Waals surface area contributed by atoms with Crippen molar-refractivity contribution in [2.45, 2.75) is 38.4 Å². The van der Waals surface area contributed by atoms with Crippen molar-refractivity contribution in [1.29, 1.82) is 0 Å². The largest absolute Gasteiger partial charge is 0.351 e. The van der Waals surface area contributed by atoms with Crippen LogP contribution in [0.3, 0.4) is 0 Å². The number of amidine groups is 1. The summed E-state index contributed by atoms with van der Waals surface area (Å²) in [5.41, 5.74) is 0.919. The molecule has 4 amide bonds. The van der Waals surface area contributed by atoms with E-state index < -0.39 is 5.25 Å². The molecule has 0 radical (unpaired) electrons. The van der Waals surface area contributed by atoms with E-state index in [1.165, 1.54) is 11.8 Å². The second-order valence-electron chi connectivity index (χ2n) is 7.61. The molecule has 2 heterocycles. The van der Waals surface area contributed by atoms with Crippen molar-refractivity contribution in [3.8, 4) is 0 Å². The maximum absolute atomic E-state index is 12.4. The van der Waals surface area contributed by atoms with Crippen LogP contribution in [0.5, 0.6) is 0 Å². The van der Waals surface area contributed by atoms with Gasteiger partial charge in [-0.15, -0.1) is 0 Å². The van der Waals surface area contributed by atoms with E-state index in [1.54, 1.807) is 29.2 Å². The smallest absolute Gasteiger partial charge is 0.262 e. The molecule has 2 N–H and O–H groups in total. The Morgan fingerprint density at radius 2 is 1.78 bits per heavy atom. The predicted molar refractivity (Wildman–Crippen MR) is 125 cm³/mol. The van der Waals surface area contributed by atoms with Crippen LogP contribution < -0.4 is 10.6 Å².